The molecule has 0 aliphatic carbocycles. The van der Waals surface area contributed by atoms with Crippen LogP contribution >= 0.6 is 27.7 Å². The molecular weight excluding hydrogens is 332 g/mol. The molecule has 0 aromatic heterocycles. The molecule has 1 atom stereocenters. The van der Waals surface area contributed by atoms with Gasteiger partial charge in [-0.2, -0.15) is 0 Å². The molecule has 2 aromatic rings. The number of aliphatic hydroxyl groups excluding tert-OH is 1. The monoisotopic (exact) mass is 350 g/mol. The van der Waals surface area contributed by atoms with Gasteiger partial charge in [0.25, 0.3) is 0 Å². The molecule has 0 bridgehead atoms. The summed E-state index contributed by atoms with van der Waals surface area (Å²) in [6.45, 7) is 4.22. The summed E-state index contributed by atoms with van der Waals surface area (Å²) >= 11 is 5.12. The summed E-state index contributed by atoms with van der Waals surface area (Å²) in [6.07, 6.45) is 0.408. The molecule has 20 heavy (non-hydrogen) atoms. The molecule has 1 unspecified atom stereocenters. The van der Waals surface area contributed by atoms with E-state index in [0.29, 0.717) is 0 Å². The highest BCUT2D eigenvalue weighted by Crippen LogP contribution is 2.23. The molecule has 0 radical (unpaired) electrons. The molecular formula is C17H19BrOS. The molecule has 0 aliphatic heterocycles. The van der Waals surface area contributed by atoms with Gasteiger partial charge >= 0.3 is 0 Å². The van der Waals surface area contributed by atoms with Crippen molar-refractivity contribution in [1.29, 1.82) is 0 Å². The Labute approximate surface area is 133 Å². The quantitative estimate of drug-likeness (QED) is 0.784. The van der Waals surface area contributed by atoms with Crippen LogP contribution in [0.5, 0.6) is 0 Å². The van der Waals surface area contributed by atoms with Crippen LogP contribution in [0.15, 0.2) is 51.8 Å². The summed E-state index contributed by atoms with van der Waals surface area (Å²) in [4.78, 5) is 1.19. The normalized spacial score (nSPS) is 12.4. The molecule has 0 fully saturated rings. The van der Waals surface area contributed by atoms with E-state index in [1.807, 2.05) is 12.1 Å². The van der Waals surface area contributed by atoms with Crippen LogP contribution in [0.3, 0.4) is 0 Å². The SMILES string of the molecule is Cc1cccc(C)c1CC(O)CSc1ccc(Br)cc1. The second kappa shape index (κ2) is 7.30. The summed E-state index contributed by atoms with van der Waals surface area (Å²) in [6, 6.07) is 14.5. The van der Waals surface area contributed by atoms with Crippen molar-refractivity contribution in [3.63, 3.8) is 0 Å². The highest BCUT2D eigenvalue weighted by atomic mass is 79.9. The number of halogens is 1. The smallest absolute Gasteiger partial charge is 0.0674 e. The zero-order valence-corrected chi connectivity index (χ0v) is 14.2. The maximum absolute atomic E-state index is 10.2. The number of aryl methyl sites for hydroxylation is 2. The molecule has 1 nitrogen and oxygen atoms in total. The Morgan fingerprint density at radius 1 is 1.05 bits per heavy atom. The van der Waals surface area contributed by atoms with Crippen LogP contribution in [0.2, 0.25) is 0 Å². The topological polar surface area (TPSA) is 20.2 Å². The fraction of sp³-hybridized carbons (Fsp3) is 0.294. The Kier molecular flexibility index (Phi) is 5.70. The predicted octanol–water partition coefficient (Wildman–Crippen LogP) is 4.76. The number of rotatable bonds is 5. The Bertz CT molecular complexity index is 545. The summed E-state index contributed by atoms with van der Waals surface area (Å²) in [7, 11) is 0. The lowest BCUT2D eigenvalue weighted by molar-refractivity contribution is 0.199. The molecule has 0 amide bonds. The standard InChI is InChI=1S/C17H19BrOS/c1-12-4-3-5-13(2)17(12)10-15(19)11-20-16-8-6-14(18)7-9-16/h3-9,15,19H,10-11H2,1-2H3. The van der Waals surface area contributed by atoms with Gasteiger partial charge in [0, 0.05) is 15.1 Å². The fourth-order valence-corrected chi connectivity index (χ4v) is 3.28. The van der Waals surface area contributed by atoms with Gasteiger partial charge < -0.3 is 5.11 Å². The van der Waals surface area contributed by atoms with Gasteiger partial charge in [0.1, 0.15) is 0 Å². The molecule has 0 spiro atoms. The minimum absolute atomic E-state index is 0.316. The van der Waals surface area contributed by atoms with Crippen molar-refractivity contribution in [3.05, 3.63) is 63.6 Å². The average Bonchev–Trinajstić information content (AvgIpc) is 2.42. The third-order valence-electron chi connectivity index (χ3n) is 3.34. The first-order valence-corrected chi connectivity index (χ1v) is 8.45. The highest BCUT2D eigenvalue weighted by molar-refractivity contribution is 9.10. The van der Waals surface area contributed by atoms with Crippen LogP contribution < -0.4 is 0 Å². The molecule has 0 saturated carbocycles. The zero-order chi connectivity index (χ0) is 14.5. The third-order valence-corrected chi connectivity index (χ3v) is 5.03. The first-order valence-electron chi connectivity index (χ1n) is 6.68. The first kappa shape index (κ1) is 15.6. The van der Waals surface area contributed by atoms with Crippen molar-refractivity contribution in [2.75, 3.05) is 5.75 Å². The predicted molar refractivity (Wildman–Crippen MR) is 90.5 cm³/mol. The lowest BCUT2D eigenvalue weighted by Gasteiger charge is -2.14. The van der Waals surface area contributed by atoms with Crippen molar-refractivity contribution in [2.45, 2.75) is 31.3 Å². The Hall–Kier alpha value is -0.770. The fourth-order valence-electron chi connectivity index (χ4n) is 2.19. The van der Waals surface area contributed by atoms with Crippen LogP contribution in [0.1, 0.15) is 16.7 Å². The molecule has 3 heteroatoms. The van der Waals surface area contributed by atoms with E-state index in [1.54, 1.807) is 11.8 Å². The van der Waals surface area contributed by atoms with E-state index in [1.165, 1.54) is 21.6 Å². The van der Waals surface area contributed by atoms with Gasteiger partial charge in [0.15, 0.2) is 0 Å². The molecule has 1 N–H and O–H groups in total. The maximum atomic E-state index is 10.2. The maximum Gasteiger partial charge on any atom is 0.0674 e. The van der Waals surface area contributed by atoms with E-state index >= 15 is 0 Å². The molecule has 0 saturated heterocycles. The number of aliphatic hydroxyl groups is 1. The largest absolute Gasteiger partial charge is 0.392 e. The van der Waals surface area contributed by atoms with E-state index in [2.05, 4.69) is 60.1 Å². The molecule has 2 aromatic carbocycles. The van der Waals surface area contributed by atoms with Gasteiger partial charge in [-0.1, -0.05) is 34.1 Å². The van der Waals surface area contributed by atoms with Crippen LogP contribution in [-0.2, 0) is 6.42 Å². The van der Waals surface area contributed by atoms with Crippen LogP contribution in [-0.4, -0.2) is 17.0 Å². The van der Waals surface area contributed by atoms with E-state index in [0.717, 1.165) is 16.6 Å². The zero-order valence-electron chi connectivity index (χ0n) is 11.8. The minimum Gasteiger partial charge on any atom is -0.392 e. The summed E-state index contributed by atoms with van der Waals surface area (Å²) in [5.74, 6) is 0.718. The second-order valence-corrected chi connectivity index (χ2v) is 7.00. The van der Waals surface area contributed by atoms with Crippen molar-refractivity contribution in [3.8, 4) is 0 Å². The number of benzene rings is 2. The van der Waals surface area contributed by atoms with Crippen molar-refractivity contribution >= 4 is 27.7 Å². The lowest BCUT2D eigenvalue weighted by atomic mass is 9.98. The van der Waals surface area contributed by atoms with E-state index in [-0.39, 0.29) is 6.10 Å². The molecule has 0 aliphatic rings. The Balaban J connectivity index is 1.92. The van der Waals surface area contributed by atoms with Gasteiger partial charge in [-0.15, -0.1) is 11.8 Å². The van der Waals surface area contributed by atoms with Crippen LogP contribution in [0.25, 0.3) is 0 Å². The average molecular weight is 351 g/mol. The van der Waals surface area contributed by atoms with Crippen molar-refractivity contribution in [1.82, 2.24) is 0 Å². The van der Waals surface area contributed by atoms with E-state index < -0.39 is 0 Å². The number of hydrogen-bond donors (Lipinski definition) is 1. The van der Waals surface area contributed by atoms with Gasteiger partial charge in [0.2, 0.25) is 0 Å². The van der Waals surface area contributed by atoms with Crippen molar-refractivity contribution in [2.24, 2.45) is 0 Å². The Morgan fingerprint density at radius 2 is 1.65 bits per heavy atom. The Morgan fingerprint density at radius 3 is 2.25 bits per heavy atom. The van der Waals surface area contributed by atoms with E-state index in [9.17, 15) is 5.11 Å². The number of thioether (sulfide) groups is 1. The molecule has 106 valence electrons. The summed E-state index contributed by atoms with van der Waals surface area (Å²) < 4.78 is 1.08. The lowest BCUT2D eigenvalue weighted by Crippen LogP contribution is -2.15. The number of hydrogen-bond acceptors (Lipinski definition) is 2. The van der Waals surface area contributed by atoms with Crippen LogP contribution in [0.4, 0.5) is 0 Å². The van der Waals surface area contributed by atoms with Crippen molar-refractivity contribution < 1.29 is 5.11 Å². The third kappa shape index (κ3) is 4.37. The second-order valence-electron chi connectivity index (χ2n) is 4.99. The minimum atomic E-state index is -0.316. The van der Waals surface area contributed by atoms with Gasteiger partial charge in [0.05, 0.1) is 6.10 Å². The molecule has 2 rings (SSSR count). The summed E-state index contributed by atoms with van der Waals surface area (Å²) in [5.41, 5.74) is 3.80. The first-order chi connectivity index (χ1) is 9.56. The molecule has 0 heterocycles. The van der Waals surface area contributed by atoms with E-state index in [4.69, 9.17) is 0 Å². The van der Waals surface area contributed by atoms with Gasteiger partial charge in [-0.3, -0.25) is 0 Å². The highest BCUT2D eigenvalue weighted by Gasteiger charge is 2.10. The van der Waals surface area contributed by atoms with Gasteiger partial charge in [-0.05, 0) is 61.2 Å². The summed E-state index contributed by atoms with van der Waals surface area (Å²) in [5, 5.41) is 10.2. The van der Waals surface area contributed by atoms with Crippen LogP contribution in [0, 0.1) is 13.8 Å². The van der Waals surface area contributed by atoms with Gasteiger partial charge in [-0.25, -0.2) is 0 Å².